The van der Waals surface area contributed by atoms with Crippen LogP contribution in [0.1, 0.15) is 11.1 Å². The van der Waals surface area contributed by atoms with Gasteiger partial charge in [-0.2, -0.15) is 0 Å². The van der Waals surface area contributed by atoms with Gasteiger partial charge in [-0.1, -0.05) is 18.2 Å². The highest BCUT2D eigenvalue weighted by atomic mass is 127. The molecule has 0 radical (unpaired) electrons. The Morgan fingerprint density at radius 3 is 2.39 bits per heavy atom. The van der Waals surface area contributed by atoms with Crippen LogP contribution in [0, 0.1) is 3.57 Å². The third kappa shape index (κ3) is 5.44. The van der Waals surface area contributed by atoms with Crippen molar-refractivity contribution in [2.75, 3.05) is 20.8 Å². The summed E-state index contributed by atoms with van der Waals surface area (Å²) in [5.74, 6) is 2.05. The van der Waals surface area contributed by atoms with Gasteiger partial charge < -0.3 is 19.9 Å². The van der Waals surface area contributed by atoms with Gasteiger partial charge in [0.05, 0.1) is 17.8 Å². The van der Waals surface area contributed by atoms with Crippen LogP contribution in [0.15, 0.2) is 36.4 Å². The Labute approximate surface area is 156 Å². The van der Waals surface area contributed by atoms with Crippen molar-refractivity contribution in [3.05, 3.63) is 51.1 Å². The Hall–Kier alpha value is -1.18. The van der Waals surface area contributed by atoms with Crippen molar-refractivity contribution >= 4 is 35.0 Å². The molecule has 0 heterocycles. The van der Waals surface area contributed by atoms with Gasteiger partial charge in [-0.25, -0.2) is 0 Å². The van der Waals surface area contributed by atoms with Crippen LogP contribution in [-0.4, -0.2) is 25.9 Å². The molecule has 0 aromatic heterocycles. The number of benzene rings is 2. The lowest BCUT2D eigenvalue weighted by Gasteiger charge is -2.13. The standard InChI is InChI=1S/C17H20INO3.ClH/c1-21-16-10-14(18)17(22-2)9-12(16)7-8-19-11-13-5-3-4-6-15(13)20;/h3-6,9-10,19-20H,7-8,11H2,1-2H3;1H. The molecule has 126 valence electrons. The molecule has 0 fully saturated rings. The van der Waals surface area contributed by atoms with Gasteiger partial charge in [0.1, 0.15) is 17.2 Å². The molecule has 0 aliphatic rings. The van der Waals surface area contributed by atoms with Gasteiger partial charge in [0.2, 0.25) is 0 Å². The van der Waals surface area contributed by atoms with Crippen LogP contribution in [0.5, 0.6) is 17.2 Å². The fraction of sp³-hybridized carbons (Fsp3) is 0.294. The average molecular weight is 450 g/mol. The number of ether oxygens (including phenoxy) is 2. The number of nitrogens with one attached hydrogen (secondary N) is 1. The molecule has 2 N–H and O–H groups in total. The molecule has 2 aromatic carbocycles. The minimum absolute atomic E-state index is 0. The fourth-order valence-corrected chi connectivity index (χ4v) is 2.88. The van der Waals surface area contributed by atoms with E-state index in [2.05, 4.69) is 27.9 Å². The Balaban J connectivity index is 0.00000264. The molecule has 6 heteroatoms. The molecule has 0 bridgehead atoms. The first-order valence-electron chi connectivity index (χ1n) is 7.03. The molecule has 0 aliphatic heterocycles. The summed E-state index contributed by atoms with van der Waals surface area (Å²) in [6.45, 7) is 1.42. The molecule has 2 rings (SSSR count). The molecule has 0 saturated carbocycles. The summed E-state index contributed by atoms with van der Waals surface area (Å²) in [4.78, 5) is 0. The molecule has 0 atom stereocenters. The first kappa shape index (κ1) is 19.9. The van der Waals surface area contributed by atoms with Crippen molar-refractivity contribution in [1.29, 1.82) is 0 Å². The molecule has 0 unspecified atom stereocenters. The van der Waals surface area contributed by atoms with E-state index >= 15 is 0 Å². The Kier molecular flexibility index (Phi) is 8.51. The summed E-state index contributed by atoms with van der Waals surface area (Å²) in [5.41, 5.74) is 2.00. The summed E-state index contributed by atoms with van der Waals surface area (Å²) < 4.78 is 11.8. The van der Waals surface area contributed by atoms with Crippen molar-refractivity contribution < 1.29 is 14.6 Å². The van der Waals surface area contributed by atoms with E-state index < -0.39 is 0 Å². The quantitative estimate of drug-likeness (QED) is 0.499. The second kappa shape index (κ2) is 9.85. The van der Waals surface area contributed by atoms with E-state index in [0.29, 0.717) is 12.3 Å². The van der Waals surface area contributed by atoms with Gasteiger partial charge in [-0.05, 0) is 59.3 Å². The maximum absolute atomic E-state index is 9.73. The number of hydrogen-bond acceptors (Lipinski definition) is 4. The number of hydrogen-bond donors (Lipinski definition) is 2. The number of phenols is 1. The number of halogens is 2. The summed E-state index contributed by atoms with van der Waals surface area (Å²) >= 11 is 2.23. The number of rotatable bonds is 7. The van der Waals surface area contributed by atoms with E-state index in [1.54, 1.807) is 20.3 Å². The summed E-state index contributed by atoms with van der Waals surface area (Å²) in [6.07, 6.45) is 0.823. The highest BCUT2D eigenvalue weighted by molar-refractivity contribution is 14.1. The molecule has 0 amide bonds. The van der Waals surface area contributed by atoms with E-state index in [9.17, 15) is 5.11 Å². The molecule has 0 aliphatic carbocycles. The summed E-state index contributed by atoms with van der Waals surface area (Å²) in [5, 5.41) is 13.1. The van der Waals surface area contributed by atoms with Gasteiger partial charge in [-0.3, -0.25) is 0 Å². The second-order valence-corrected chi connectivity index (χ2v) is 6.02. The average Bonchev–Trinajstić information content (AvgIpc) is 2.53. The third-order valence-corrected chi connectivity index (χ3v) is 4.28. The minimum Gasteiger partial charge on any atom is -0.508 e. The predicted molar refractivity (Wildman–Crippen MR) is 103 cm³/mol. The topological polar surface area (TPSA) is 50.7 Å². The van der Waals surface area contributed by atoms with Crippen LogP contribution in [0.25, 0.3) is 0 Å². The zero-order valence-electron chi connectivity index (χ0n) is 13.1. The highest BCUT2D eigenvalue weighted by Crippen LogP contribution is 2.30. The molecule has 4 nitrogen and oxygen atoms in total. The zero-order chi connectivity index (χ0) is 15.9. The molecule has 23 heavy (non-hydrogen) atoms. The van der Waals surface area contributed by atoms with Gasteiger partial charge in [-0.15, -0.1) is 12.4 Å². The molecule has 2 aromatic rings. The minimum atomic E-state index is 0. The Morgan fingerprint density at radius 1 is 1.04 bits per heavy atom. The largest absolute Gasteiger partial charge is 0.508 e. The van der Waals surface area contributed by atoms with Crippen molar-refractivity contribution in [3.63, 3.8) is 0 Å². The van der Waals surface area contributed by atoms with Crippen LogP contribution in [0.2, 0.25) is 0 Å². The van der Waals surface area contributed by atoms with E-state index in [0.717, 1.165) is 39.2 Å². The SMILES string of the molecule is COc1cc(CCNCc2ccccc2O)c(OC)cc1I.Cl. The monoisotopic (exact) mass is 449 g/mol. The number of para-hydroxylation sites is 1. The van der Waals surface area contributed by atoms with Gasteiger partial charge in [0, 0.05) is 12.1 Å². The first-order chi connectivity index (χ1) is 10.7. The summed E-state index contributed by atoms with van der Waals surface area (Å²) in [7, 11) is 3.35. The van der Waals surface area contributed by atoms with E-state index in [1.165, 1.54) is 0 Å². The van der Waals surface area contributed by atoms with Crippen molar-refractivity contribution in [3.8, 4) is 17.2 Å². The van der Waals surface area contributed by atoms with E-state index in [1.807, 2.05) is 30.3 Å². The lowest BCUT2D eigenvalue weighted by atomic mass is 10.1. The maximum atomic E-state index is 9.73. The van der Waals surface area contributed by atoms with Crippen LogP contribution in [0.4, 0.5) is 0 Å². The van der Waals surface area contributed by atoms with Gasteiger partial charge in [0.15, 0.2) is 0 Å². The second-order valence-electron chi connectivity index (χ2n) is 4.85. The van der Waals surface area contributed by atoms with Crippen molar-refractivity contribution in [1.82, 2.24) is 5.32 Å². The highest BCUT2D eigenvalue weighted by Gasteiger charge is 2.09. The molecule has 0 spiro atoms. The van der Waals surface area contributed by atoms with Crippen molar-refractivity contribution in [2.24, 2.45) is 0 Å². The van der Waals surface area contributed by atoms with E-state index in [-0.39, 0.29) is 12.4 Å². The Morgan fingerprint density at radius 2 is 1.74 bits per heavy atom. The van der Waals surface area contributed by atoms with Crippen molar-refractivity contribution in [2.45, 2.75) is 13.0 Å². The molecule has 0 saturated heterocycles. The molecular weight excluding hydrogens is 429 g/mol. The number of aromatic hydroxyl groups is 1. The Bertz CT molecular complexity index is 637. The third-order valence-electron chi connectivity index (χ3n) is 3.43. The number of phenolic OH excluding ortho intramolecular Hbond substituents is 1. The van der Waals surface area contributed by atoms with E-state index in [4.69, 9.17) is 9.47 Å². The van der Waals surface area contributed by atoms with Crippen LogP contribution >= 0.6 is 35.0 Å². The normalized spacial score (nSPS) is 10.0. The maximum Gasteiger partial charge on any atom is 0.132 e. The smallest absolute Gasteiger partial charge is 0.132 e. The predicted octanol–water partition coefficient (Wildman–Crippen LogP) is 3.77. The summed E-state index contributed by atoms with van der Waals surface area (Å²) in [6, 6.07) is 11.4. The van der Waals surface area contributed by atoms with Crippen LogP contribution in [-0.2, 0) is 13.0 Å². The van der Waals surface area contributed by atoms with Crippen LogP contribution in [0.3, 0.4) is 0 Å². The zero-order valence-corrected chi connectivity index (χ0v) is 16.1. The first-order valence-corrected chi connectivity index (χ1v) is 8.11. The molecular formula is C17H21ClINO3. The van der Waals surface area contributed by atoms with Crippen LogP contribution < -0.4 is 14.8 Å². The fourth-order valence-electron chi connectivity index (χ4n) is 2.23. The number of methoxy groups -OCH3 is 2. The lowest BCUT2D eigenvalue weighted by Crippen LogP contribution is -2.17. The van der Waals surface area contributed by atoms with Gasteiger partial charge >= 0.3 is 0 Å². The van der Waals surface area contributed by atoms with Gasteiger partial charge in [0.25, 0.3) is 0 Å². The lowest BCUT2D eigenvalue weighted by molar-refractivity contribution is 0.396.